The van der Waals surface area contributed by atoms with Gasteiger partial charge in [0.05, 0.1) is 6.04 Å². The molecule has 0 aromatic heterocycles. The van der Waals surface area contributed by atoms with Gasteiger partial charge >= 0.3 is 0 Å². The number of hydrogen-bond acceptors (Lipinski definition) is 2. The first-order valence-corrected chi connectivity index (χ1v) is 8.39. The predicted molar refractivity (Wildman–Crippen MR) is 92.0 cm³/mol. The maximum absolute atomic E-state index is 14.1. The Labute approximate surface area is 148 Å². The Morgan fingerprint density at radius 2 is 1.96 bits per heavy atom. The molecule has 1 amide bonds. The lowest BCUT2D eigenvalue weighted by atomic mass is 9.91. The van der Waals surface area contributed by atoms with Gasteiger partial charge < -0.3 is 10.6 Å². The number of carbonyl (C=O) groups excluding carboxylic acids is 1. The van der Waals surface area contributed by atoms with E-state index in [0.717, 1.165) is 38.4 Å². The monoisotopic (exact) mass is 358 g/mol. The average Bonchev–Trinajstić information content (AvgIpc) is 3.19. The lowest BCUT2D eigenvalue weighted by Gasteiger charge is -2.26. The molecule has 1 saturated carbocycles. The largest absolute Gasteiger partial charge is 0.349 e. The highest BCUT2D eigenvalue weighted by molar-refractivity contribution is 5.85. The Morgan fingerprint density at radius 1 is 1.29 bits per heavy atom. The molecule has 2 fully saturated rings. The van der Waals surface area contributed by atoms with Gasteiger partial charge in [-0.3, -0.25) is 4.79 Å². The Morgan fingerprint density at radius 3 is 2.54 bits per heavy atom. The summed E-state index contributed by atoms with van der Waals surface area (Å²) in [5, 5.41) is 6.33. The van der Waals surface area contributed by atoms with Crippen LogP contribution in [0.3, 0.4) is 0 Å². The minimum Gasteiger partial charge on any atom is -0.349 e. The number of carbonyl (C=O) groups is 1. The number of piperidine rings is 1. The summed E-state index contributed by atoms with van der Waals surface area (Å²) in [7, 11) is 0. The Hall–Kier alpha value is -1.20. The van der Waals surface area contributed by atoms with Crippen LogP contribution in [0.25, 0.3) is 0 Å². The molecule has 1 aliphatic heterocycles. The van der Waals surface area contributed by atoms with E-state index in [2.05, 4.69) is 10.6 Å². The van der Waals surface area contributed by atoms with Crippen LogP contribution in [0.4, 0.5) is 8.78 Å². The molecule has 1 saturated heterocycles. The fourth-order valence-corrected chi connectivity index (χ4v) is 3.81. The summed E-state index contributed by atoms with van der Waals surface area (Å²) < 4.78 is 27.2. The van der Waals surface area contributed by atoms with Crippen molar-refractivity contribution in [2.45, 2.75) is 39.2 Å². The van der Waals surface area contributed by atoms with Crippen LogP contribution in [0.1, 0.15) is 44.7 Å². The van der Waals surface area contributed by atoms with Gasteiger partial charge in [-0.2, -0.15) is 0 Å². The van der Waals surface area contributed by atoms with Crippen LogP contribution >= 0.6 is 12.4 Å². The van der Waals surface area contributed by atoms with E-state index in [9.17, 15) is 13.6 Å². The van der Waals surface area contributed by atoms with Crippen molar-refractivity contribution in [3.05, 3.63) is 35.4 Å². The van der Waals surface area contributed by atoms with E-state index in [1.165, 1.54) is 12.1 Å². The Kier molecular flexibility index (Phi) is 5.87. The summed E-state index contributed by atoms with van der Waals surface area (Å²) in [5.74, 6) is -1.13. The van der Waals surface area contributed by atoms with Gasteiger partial charge in [-0.05, 0) is 49.8 Å². The lowest BCUT2D eigenvalue weighted by molar-refractivity contribution is -0.124. The molecule has 0 radical (unpaired) electrons. The highest BCUT2D eigenvalue weighted by atomic mass is 35.5. The highest BCUT2D eigenvalue weighted by Gasteiger charge is 2.57. The third-order valence-corrected chi connectivity index (χ3v) is 5.37. The molecule has 0 bridgehead atoms. The second kappa shape index (κ2) is 7.36. The molecule has 1 heterocycles. The van der Waals surface area contributed by atoms with Crippen molar-refractivity contribution in [3.8, 4) is 0 Å². The average molecular weight is 359 g/mol. The van der Waals surface area contributed by atoms with Crippen molar-refractivity contribution in [1.82, 2.24) is 10.6 Å². The zero-order valence-electron chi connectivity index (χ0n) is 14.1. The second-order valence-corrected chi connectivity index (χ2v) is 7.27. The van der Waals surface area contributed by atoms with Crippen molar-refractivity contribution in [2.75, 3.05) is 13.1 Å². The van der Waals surface area contributed by atoms with E-state index >= 15 is 0 Å². The topological polar surface area (TPSA) is 41.1 Å². The maximum atomic E-state index is 14.1. The molecule has 1 aromatic carbocycles. The van der Waals surface area contributed by atoms with E-state index in [0.29, 0.717) is 5.56 Å². The summed E-state index contributed by atoms with van der Waals surface area (Å²) in [6, 6.07) is 3.12. The van der Waals surface area contributed by atoms with Crippen LogP contribution < -0.4 is 10.6 Å². The van der Waals surface area contributed by atoms with Gasteiger partial charge in [0.2, 0.25) is 5.91 Å². The van der Waals surface area contributed by atoms with Crippen LogP contribution in [0.5, 0.6) is 0 Å². The first-order valence-electron chi connectivity index (χ1n) is 8.39. The van der Waals surface area contributed by atoms with Crippen molar-refractivity contribution in [1.29, 1.82) is 0 Å². The summed E-state index contributed by atoms with van der Waals surface area (Å²) >= 11 is 0. The van der Waals surface area contributed by atoms with Gasteiger partial charge in [0, 0.05) is 17.5 Å². The third kappa shape index (κ3) is 3.72. The molecule has 1 aromatic rings. The highest BCUT2D eigenvalue weighted by Crippen LogP contribution is 2.58. The maximum Gasteiger partial charge on any atom is 0.224 e. The number of hydrogen-bond donors (Lipinski definition) is 2. The molecule has 3 rings (SSSR count). The van der Waals surface area contributed by atoms with Crippen LogP contribution in [0.2, 0.25) is 0 Å². The zero-order valence-corrected chi connectivity index (χ0v) is 14.9. The van der Waals surface area contributed by atoms with Gasteiger partial charge in [0.15, 0.2) is 0 Å². The molecule has 2 atom stereocenters. The van der Waals surface area contributed by atoms with E-state index < -0.39 is 17.7 Å². The molecule has 3 nitrogen and oxygen atoms in total. The third-order valence-electron chi connectivity index (χ3n) is 5.37. The molecule has 24 heavy (non-hydrogen) atoms. The van der Waals surface area contributed by atoms with Gasteiger partial charge in [0.1, 0.15) is 11.6 Å². The number of benzene rings is 1. The van der Waals surface area contributed by atoms with Crippen molar-refractivity contribution in [3.63, 3.8) is 0 Å². The number of amides is 1. The molecule has 134 valence electrons. The standard InChI is InChI=1S/C18H24F2N2O.ClH/c1-11(2)16(13-4-3-12(19)9-15(13)20)22-17(23)14-10-18(14)5-7-21-8-6-18;/h3-4,9,11,14,16,21H,5-8,10H2,1-2H3,(H,22,23);1H. The molecule has 1 aliphatic carbocycles. The molecular formula is C18H25ClF2N2O. The quantitative estimate of drug-likeness (QED) is 0.863. The number of rotatable bonds is 4. The molecule has 2 aliphatic rings. The van der Waals surface area contributed by atoms with E-state index in [1.54, 1.807) is 0 Å². The summed E-state index contributed by atoms with van der Waals surface area (Å²) in [4.78, 5) is 12.6. The fraction of sp³-hybridized carbons (Fsp3) is 0.611. The first kappa shape index (κ1) is 19.1. The van der Waals surface area contributed by atoms with E-state index in [-0.39, 0.29) is 35.6 Å². The van der Waals surface area contributed by atoms with Gasteiger partial charge in [-0.15, -0.1) is 12.4 Å². The Balaban J connectivity index is 0.00000208. The van der Waals surface area contributed by atoms with E-state index in [1.807, 2.05) is 13.8 Å². The molecule has 2 unspecified atom stereocenters. The zero-order chi connectivity index (χ0) is 16.6. The number of nitrogens with one attached hydrogen (secondary N) is 2. The molecule has 1 spiro atoms. The lowest BCUT2D eigenvalue weighted by Crippen LogP contribution is -2.37. The smallest absolute Gasteiger partial charge is 0.224 e. The summed E-state index contributed by atoms with van der Waals surface area (Å²) in [5.41, 5.74) is 0.507. The molecule has 6 heteroatoms. The minimum absolute atomic E-state index is 0. The summed E-state index contributed by atoms with van der Waals surface area (Å²) in [6.07, 6.45) is 2.99. The van der Waals surface area contributed by atoms with Crippen molar-refractivity contribution >= 4 is 18.3 Å². The second-order valence-electron chi connectivity index (χ2n) is 7.27. The summed E-state index contributed by atoms with van der Waals surface area (Å²) in [6.45, 7) is 5.79. The van der Waals surface area contributed by atoms with Crippen LogP contribution in [-0.4, -0.2) is 19.0 Å². The SMILES string of the molecule is CC(C)C(NC(=O)C1CC12CCNCC2)c1ccc(F)cc1F.Cl. The van der Waals surface area contributed by atoms with Gasteiger partial charge in [-0.25, -0.2) is 8.78 Å². The van der Waals surface area contributed by atoms with Crippen LogP contribution in [-0.2, 0) is 4.79 Å². The molecular weight excluding hydrogens is 334 g/mol. The predicted octanol–water partition coefficient (Wildman–Crippen LogP) is 3.59. The normalized spacial score (nSPS) is 22.8. The minimum atomic E-state index is -0.601. The Bertz CT molecular complexity index is 603. The van der Waals surface area contributed by atoms with E-state index in [4.69, 9.17) is 0 Å². The first-order chi connectivity index (χ1) is 10.9. The van der Waals surface area contributed by atoms with Gasteiger partial charge in [-0.1, -0.05) is 19.9 Å². The molecule has 2 N–H and O–H groups in total. The number of halogens is 3. The fourth-order valence-electron chi connectivity index (χ4n) is 3.81. The van der Waals surface area contributed by atoms with Crippen LogP contribution in [0.15, 0.2) is 18.2 Å². The van der Waals surface area contributed by atoms with Crippen molar-refractivity contribution < 1.29 is 13.6 Å². The van der Waals surface area contributed by atoms with Crippen LogP contribution in [0, 0.1) is 28.9 Å². The van der Waals surface area contributed by atoms with Crippen molar-refractivity contribution in [2.24, 2.45) is 17.3 Å². The van der Waals surface area contributed by atoms with Gasteiger partial charge in [0.25, 0.3) is 0 Å².